The molecule has 1 spiro atoms. The number of aromatic nitrogens is 2. The number of carbonyl (C=O) groups excluding carboxylic acids is 2. The minimum absolute atomic E-state index is 0.0296. The fourth-order valence-corrected chi connectivity index (χ4v) is 5.76. The van der Waals surface area contributed by atoms with E-state index in [-0.39, 0.29) is 17.2 Å². The quantitative estimate of drug-likeness (QED) is 0.327. The number of aryl methyl sites for hydroxylation is 2. The van der Waals surface area contributed by atoms with Gasteiger partial charge in [0.2, 0.25) is 11.8 Å². The van der Waals surface area contributed by atoms with Gasteiger partial charge >= 0.3 is 0 Å². The highest BCUT2D eigenvalue weighted by molar-refractivity contribution is 7.99. The van der Waals surface area contributed by atoms with Crippen molar-refractivity contribution in [3.05, 3.63) is 53.4 Å². The number of benzene rings is 1. The van der Waals surface area contributed by atoms with Crippen molar-refractivity contribution in [1.29, 1.82) is 0 Å². The van der Waals surface area contributed by atoms with E-state index in [0.717, 1.165) is 68.1 Å². The number of thioether (sulfide) groups is 1. The van der Waals surface area contributed by atoms with Crippen LogP contribution >= 0.6 is 11.8 Å². The van der Waals surface area contributed by atoms with E-state index in [4.69, 9.17) is 4.74 Å². The molecule has 0 bridgehead atoms. The van der Waals surface area contributed by atoms with Crippen LogP contribution in [0.5, 0.6) is 5.75 Å². The van der Waals surface area contributed by atoms with Crippen molar-refractivity contribution in [1.82, 2.24) is 19.8 Å². The average molecular weight is 495 g/mol. The number of hydrogen-bond acceptors (Lipinski definition) is 6. The second-order valence-electron chi connectivity index (χ2n) is 9.42. The molecule has 2 saturated heterocycles. The molecule has 8 heteroatoms. The van der Waals surface area contributed by atoms with Gasteiger partial charge in [-0.15, -0.1) is 0 Å². The van der Waals surface area contributed by atoms with Gasteiger partial charge in [0.05, 0.1) is 12.4 Å². The Labute approximate surface area is 212 Å². The van der Waals surface area contributed by atoms with E-state index >= 15 is 0 Å². The summed E-state index contributed by atoms with van der Waals surface area (Å²) in [6, 6.07) is 9.67. The van der Waals surface area contributed by atoms with Crippen LogP contribution in [-0.4, -0.2) is 70.1 Å². The third-order valence-corrected chi connectivity index (χ3v) is 7.67. The lowest BCUT2D eigenvalue weighted by atomic mass is 9.78. The highest BCUT2D eigenvalue weighted by atomic mass is 32.2. The minimum Gasteiger partial charge on any atom is -0.493 e. The molecule has 0 saturated carbocycles. The van der Waals surface area contributed by atoms with Gasteiger partial charge in [0.15, 0.2) is 5.16 Å². The van der Waals surface area contributed by atoms with E-state index in [1.54, 1.807) is 6.08 Å². The second kappa shape index (κ2) is 11.2. The summed E-state index contributed by atoms with van der Waals surface area (Å²) in [5.74, 6) is 1.32. The maximum Gasteiger partial charge on any atom is 0.246 e. The van der Waals surface area contributed by atoms with Crippen molar-refractivity contribution < 1.29 is 14.3 Å². The van der Waals surface area contributed by atoms with Crippen LogP contribution in [0.25, 0.3) is 6.08 Å². The van der Waals surface area contributed by atoms with Crippen molar-refractivity contribution in [2.75, 3.05) is 38.5 Å². The summed E-state index contributed by atoms with van der Waals surface area (Å²) in [5.41, 5.74) is 2.87. The molecule has 1 aromatic heterocycles. The molecule has 0 atom stereocenters. The van der Waals surface area contributed by atoms with E-state index in [2.05, 4.69) is 9.97 Å². The lowest BCUT2D eigenvalue weighted by Gasteiger charge is -2.39. The summed E-state index contributed by atoms with van der Waals surface area (Å²) in [5, 5.41) is 0.661. The molecule has 2 aromatic rings. The Kier molecular flexibility index (Phi) is 8.11. The smallest absolute Gasteiger partial charge is 0.246 e. The monoisotopic (exact) mass is 494 g/mol. The largest absolute Gasteiger partial charge is 0.493 e. The molecule has 35 heavy (non-hydrogen) atoms. The van der Waals surface area contributed by atoms with E-state index < -0.39 is 0 Å². The number of para-hydroxylation sites is 1. The van der Waals surface area contributed by atoms with Gasteiger partial charge < -0.3 is 14.5 Å². The minimum atomic E-state index is 0.0296. The molecular weight excluding hydrogens is 460 g/mol. The first-order valence-corrected chi connectivity index (χ1v) is 13.3. The topological polar surface area (TPSA) is 75.6 Å². The van der Waals surface area contributed by atoms with Crippen LogP contribution in [0.15, 0.2) is 41.6 Å². The van der Waals surface area contributed by atoms with Gasteiger partial charge in [-0.3, -0.25) is 9.59 Å². The zero-order valence-electron chi connectivity index (χ0n) is 20.8. The summed E-state index contributed by atoms with van der Waals surface area (Å²) < 4.78 is 5.64. The van der Waals surface area contributed by atoms with E-state index in [0.29, 0.717) is 17.5 Å². The third kappa shape index (κ3) is 6.42. The van der Waals surface area contributed by atoms with Crippen LogP contribution in [-0.2, 0) is 9.59 Å². The van der Waals surface area contributed by atoms with Crippen LogP contribution in [0.2, 0.25) is 0 Å². The Morgan fingerprint density at radius 1 is 1.06 bits per heavy atom. The molecule has 186 valence electrons. The fourth-order valence-electron chi connectivity index (χ4n) is 4.90. The number of likely N-dealkylation sites (tertiary alicyclic amines) is 2. The Morgan fingerprint density at radius 3 is 2.40 bits per heavy atom. The normalized spacial score (nSPS) is 17.3. The zero-order valence-corrected chi connectivity index (χ0v) is 21.6. The predicted octanol–water partition coefficient (Wildman–Crippen LogP) is 4.14. The molecule has 2 aliphatic heterocycles. The first-order chi connectivity index (χ1) is 16.9. The number of amides is 2. The molecule has 1 aromatic carbocycles. The van der Waals surface area contributed by atoms with Crippen molar-refractivity contribution in [2.24, 2.45) is 5.41 Å². The van der Waals surface area contributed by atoms with Gasteiger partial charge in [-0.25, -0.2) is 9.97 Å². The number of piperidine rings is 1. The van der Waals surface area contributed by atoms with Crippen molar-refractivity contribution in [2.45, 2.75) is 45.2 Å². The van der Waals surface area contributed by atoms with E-state index in [9.17, 15) is 9.59 Å². The molecule has 7 nitrogen and oxygen atoms in total. The first kappa shape index (κ1) is 25.2. The maximum absolute atomic E-state index is 12.8. The fraction of sp³-hybridized carbons (Fsp3) is 0.481. The standard InChI is InChI=1S/C27H34N4O3S/c1-4-34-23-8-6-5-7-22(23)9-10-24(32)30-14-11-27(12-15-30)13-16-31(19-27)25(33)18-35-26-28-20(2)17-21(3)29-26/h5-10,17H,4,11-16,18-19H2,1-3H3/b10-9+. The number of nitrogens with zero attached hydrogens (tertiary/aromatic N) is 4. The molecule has 0 radical (unpaired) electrons. The first-order valence-electron chi connectivity index (χ1n) is 12.3. The molecule has 3 heterocycles. The molecule has 2 amide bonds. The van der Waals surface area contributed by atoms with Crippen molar-refractivity contribution >= 4 is 29.7 Å². The number of hydrogen-bond donors (Lipinski definition) is 0. The van der Waals surface area contributed by atoms with Gasteiger partial charge in [0.25, 0.3) is 0 Å². The van der Waals surface area contributed by atoms with Crippen LogP contribution in [0, 0.1) is 19.3 Å². The van der Waals surface area contributed by atoms with Crippen LogP contribution in [0.4, 0.5) is 0 Å². The van der Waals surface area contributed by atoms with Crippen molar-refractivity contribution in [3.63, 3.8) is 0 Å². The highest BCUT2D eigenvalue weighted by Crippen LogP contribution is 2.40. The van der Waals surface area contributed by atoms with Gasteiger partial charge in [0, 0.05) is 49.2 Å². The average Bonchev–Trinajstić information content (AvgIpc) is 3.25. The Morgan fingerprint density at radius 2 is 1.71 bits per heavy atom. The predicted molar refractivity (Wildman–Crippen MR) is 138 cm³/mol. The van der Waals surface area contributed by atoms with E-state index in [1.807, 2.05) is 67.0 Å². The Hall–Kier alpha value is -2.87. The Balaban J connectivity index is 1.26. The lowest BCUT2D eigenvalue weighted by molar-refractivity contribution is -0.130. The van der Waals surface area contributed by atoms with Crippen molar-refractivity contribution in [3.8, 4) is 5.75 Å². The van der Waals surface area contributed by atoms with Gasteiger partial charge in [-0.1, -0.05) is 30.0 Å². The number of carbonyl (C=O) groups is 2. The molecule has 0 unspecified atom stereocenters. The van der Waals surface area contributed by atoms with Crippen LogP contribution in [0.1, 0.15) is 43.1 Å². The molecule has 0 aliphatic carbocycles. The number of ether oxygens (including phenoxy) is 1. The summed E-state index contributed by atoms with van der Waals surface area (Å²) in [6.07, 6.45) is 6.35. The summed E-state index contributed by atoms with van der Waals surface area (Å²) in [4.78, 5) is 38.4. The molecule has 0 N–H and O–H groups in total. The summed E-state index contributed by atoms with van der Waals surface area (Å²) in [6.45, 7) is 9.44. The molecule has 2 fully saturated rings. The SMILES string of the molecule is CCOc1ccccc1/C=C/C(=O)N1CCC2(CC1)CCN(C(=O)CSc1nc(C)cc(C)n1)C2. The molecule has 4 rings (SSSR count). The van der Waals surface area contributed by atoms with Crippen LogP contribution in [0.3, 0.4) is 0 Å². The third-order valence-electron chi connectivity index (χ3n) is 6.84. The zero-order chi connectivity index (χ0) is 24.8. The van der Waals surface area contributed by atoms with E-state index in [1.165, 1.54) is 11.8 Å². The van der Waals surface area contributed by atoms with Gasteiger partial charge in [0.1, 0.15) is 5.75 Å². The highest BCUT2D eigenvalue weighted by Gasteiger charge is 2.42. The molecular formula is C27H34N4O3S. The summed E-state index contributed by atoms with van der Waals surface area (Å²) in [7, 11) is 0. The molecule has 2 aliphatic rings. The summed E-state index contributed by atoms with van der Waals surface area (Å²) >= 11 is 1.41. The van der Waals surface area contributed by atoms with Gasteiger partial charge in [-0.05, 0) is 63.7 Å². The number of rotatable bonds is 7. The van der Waals surface area contributed by atoms with Gasteiger partial charge in [-0.2, -0.15) is 0 Å². The Bertz CT molecular complexity index is 1080. The maximum atomic E-state index is 12.8. The second-order valence-corrected chi connectivity index (χ2v) is 10.4. The van der Waals surface area contributed by atoms with Crippen LogP contribution < -0.4 is 4.74 Å². The lowest BCUT2D eigenvalue weighted by Crippen LogP contribution is -2.44.